The van der Waals surface area contributed by atoms with E-state index in [4.69, 9.17) is 75.8 Å². The van der Waals surface area contributed by atoms with Crippen molar-refractivity contribution in [3.63, 3.8) is 0 Å². The topological polar surface area (TPSA) is 206 Å². The van der Waals surface area contributed by atoms with Gasteiger partial charge in [0, 0.05) is 11.1 Å². The van der Waals surface area contributed by atoms with Gasteiger partial charge in [0.15, 0.2) is 46.0 Å². The first-order chi connectivity index (χ1) is 37.6. The van der Waals surface area contributed by atoms with Crippen molar-refractivity contribution in [3.8, 4) is 69.7 Å². The number of nitrogens with one attached hydrogen (secondary N) is 2. The van der Waals surface area contributed by atoms with Crippen LogP contribution in [-0.4, -0.2) is 183 Å². The third-order valence-electron chi connectivity index (χ3n) is 10.4. The summed E-state index contributed by atoms with van der Waals surface area (Å²) in [4.78, 5) is 26.2. The number of carbonyl (C=O) groups excluding carboxylic acids is 2. The molecule has 20 nitrogen and oxygen atoms in total. The minimum Gasteiger partial charge on any atom is -0.487 e. The minimum atomic E-state index is -0.377. The maximum Gasteiger partial charge on any atom is 0.252 e. The van der Waals surface area contributed by atoms with E-state index >= 15 is 0 Å². The van der Waals surface area contributed by atoms with Gasteiger partial charge in [0.05, 0.1) is 119 Å². The SMILES string of the molecule is O=C(NCC#CC#CCNC(=O)c1ccc2c(c1)OCCOCCOCCOc1ccccc1OCCOCCOCCO2)c1ccc2c(c1)OCCOCCOCCOc1ccccc1OCCOCCOCCO2. The molecule has 0 radical (unpaired) electrons. The Kier molecular flexibility index (Phi) is 28.3. The van der Waals surface area contributed by atoms with Gasteiger partial charge in [0.25, 0.3) is 11.8 Å². The molecule has 76 heavy (non-hydrogen) atoms. The third kappa shape index (κ3) is 23.3. The van der Waals surface area contributed by atoms with Gasteiger partial charge in [-0.15, -0.1) is 0 Å². The van der Waals surface area contributed by atoms with Crippen LogP contribution in [0.25, 0.3) is 0 Å². The highest BCUT2D eigenvalue weighted by molar-refractivity contribution is 5.95. The monoisotopic (exact) mass is 1060 g/mol. The van der Waals surface area contributed by atoms with Gasteiger partial charge in [-0.2, -0.15) is 0 Å². The molecule has 2 heterocycles. The lowest BCUT2D eigenvalue weighted by Crippen LogP contribution is -2.24. The van der Waals surface area contributed by atoms with Crippen molar-refractivity contribution in [1.29, 1.82) is 0 Å². The van der Waals surface area contributed by atoms with Crippen LogP contribution in [0.5, 0.6) is 46.0 Å². The first-order valence-corrected chi connectivity index (χ1v) is 25.3. The van der Waals surface area contributed by atoms with Crippen LogP contribution in [0.4, 0.5) is 0 Å². The lowest BCUT2D eigenvalue weighted by molar-refractivity contribution is 0.0223. The van der Waals surface area contributed by atoms with Gasteiger partial charge in [-0.05, 0) is 72.5 Å². The van der Waals surface area contributed by atoms with E-state index in [0.717, 1.165) is 0 Å². The molecule has 0 aromatic heterocycles. The Hall–Kier alpha value is -6.98. The van der Waals surface area contributed by atoms with E-state index in [2.05, 4.69) is 34.3 Å². The molecule has 2 aliphatic rings. The highest BCUT2D eigenvalue weighted by Gasteiger charge is 2.15. The molecule has 4 aromatic carbocycles. The Morgan fingerprint density at radius 1 is 0.303 bits per heavy atom. The lowest BCUT2D eigenvalue weighted by atomic mass is 10.2. The second-order valence-electron chi connectivity index (χ2n) is 15.9. The summed E-state index contributed by atoms with van der Waals surface area (Å²) in [6.45, 7) is 7.91. The Bertz CT molecular complexity index is 2270. The largest absolute Gasteiger partial charge is 0.487 e. The molecule has 0 saturated heterocycles. The van der Waals surface area contributed by atoms with E-state index in [0.29, 0.717) is 176 Å². The van der Waals surface area contributed by atoms with Crippen LogP contribution < -0.4 is 48.5 Å². The van der Waals surface area contributed by atoms with Crippen LogP contribution in [0.1, 0.15) is 20.7 Å². The number of carbonyl (C=O) groups is 2. The number of amides is 2. The fraction of sp³-hybridized carbons (Fsp3) is 0.464. The van der Waals surface area contributed by atoms with E-state index in [-0.39, 0.29) is 64.5 Å². The highest BCUT2D eigenvalue weighted by atomic mass is 16.6. The number of hydrogen-bond acceptors (Lipinski definition) is 18. The summed E-state index contributed by atoms with van der Waals surface area (Å²) < 4.78 is 92.6. The van der Waals surface area contributed by atoms with Crippen LogP contribution >= 0.6 is 0 Å². The van der Waals surface area contributed by atoms with Gasteiger partial charge in [-0.1, -0.05) is 36.1 Å². The molecule has 0 atom stereocenters. The van der Waals surface area contributed by atoms with Crippen LogP contribution in [0.3, 0.4) is 0 Å². The second-order valence-corrected chi connectivity index (χ2v) is 15.9. The van der Waals surface area contributed by atoms with Crippen molar-refractivity contribution < 1.29 is 85.4 Å². The molecule has 2 aliphatic heterocycles. The summed E-state index contributed by atoms with van der Waals surface area (Å²) in [6, 6.07) is 24.7. The fourth-order valence-electron chi connectivity index (χ4n) is 6.74. The molecule has 2 N–H and O–H groups in total. The summed E-state index contributed by atoms with van der Waals surface area (Å²) in [5.74, 6) is 14.4. The molecule has 0 fully saturated rings. The van der Waals surface area contributed by atoms with Crippen molar-refractivity contribution in [2.75, 3.05) is 172 Å². The predicted molar refractivity (Wildman–Crippen MR) is 276 cm³/mol. The molecule has 0 bridgehead atoms. The Labute approximate surface area is 444 Å². The van der Waals surface area contributed by atoms with Gasteiger partial charge >= 0.3 is 0 Å². The van der Waals surface area contributed by atoms with Crippen LogP contribution in [0.2, 0.25) is 0 Å². The number of fused-ring (bicyclic) bond motifs is 4. The molecular weight excluding hydrogens is 989 g/mol. The molecule has 2 amide bonds. The predicted octanol–water partition coefficient (Wildman–Crippen LogP) is 4.44. The van der Waals surface area contributed by atoms with Crippen molar-refractivity contribution in [2.45, 2.75) is 0 Å². The van der Waals surface area contributed by atoms with E-state index in [1.807, 2.05) is 48.5 Å². The molecule has 0 spiro atoms. The fourth-order valence-corrected chi connectivity index (χ4v) is 6.74. The average Bonchev–Trinajstić information content (AvgIpc) is 3.44. The highest BCUT2D eigenvalue weighted by Crippen LogP contribution is 2.31. The zero-order valence-electron chi connectivity index (χ0n) is 42.8. The Morgan fingerprint density at radius 2 is 0.526 bits per heavy atom. The normalized spacial score (nSPS) is 16.9. The summed E-state index contributed by atoms with van der Waals surface area (Å²) in [6.07, 6.45) is 0. The maximum absolute atomic E-state index is 13.1. The molecule has 0 saturated carbocycles. The van der Waals surface area contributed by atoms with Crippen molar-refractivity contribution >= 4 is 11.8 Å². The second kappa shape index (κ2) is 36.9. The summed E-state index contributed by atoms with van der Waals surface area (Å²) in [7, 11) is 0. The minimum absolute atomic E-state index is 0.0232. The number of rotatable bonds is 4. The van der Waals surface area contributed by atoms with Gasteiger partial charge < -0.3 is 86.4 Å². The third-order valence-corrected chi connectivity index (χ3v) is 10.4. The van der Waals surface area contributed by atoms with Gasteiger partial charge in [-0.25, -0.2) is 0 Å². The van der Waals surface area contributed by atoms with Gasteiger partial charge in [0.2, 0.25) is 0 Å². The molecule has 20 heteroatoms. The number of hydrogen-bond donors (Lipinski definition) is 2. The van der Waals surface area contributed by atoms with E-state index in [9.17, 15) is 9.59 Å². The summed E-state index contributed by atoms with van der Waals surface area (Å²) in [5.41, 5.74) is 0.671. The van der Waals surface area contributed by atoms with E-state index in [1.54, 1.807) is 36.4 Å². The van der Waals surface area contributed by atoms with Gasteiger partial charge in [0.1, 0.15) is 52.9 Å². The van der Waals surface area contributed by atoms with Gasteiger partial charge in [-0.3, -0.25) is 9.59 Å². The quantitative estimate of drug-likeness (QED) is 0.271. The standard InChI is InChI=1S/C56H68N2O18/c59-55(45-13-15-51-53(43-45)75-41-33-67-25-23-63-29-37-71-49-11-5-3-9-47(49)69-35-27-61-19-21-65-31-39-73-51)57-17-7-1-2-8-18-58-56(60)46-14-16-52-54(44-46)76-42-34-68-26-24-64-30-38-72-50-12-6-4-10-48(50)70-36-28-62-20-22-66-32-40-74-52/h3-6,9-16,43-44H,17-42H2,(H,57,59)(H,58,60). The van der Waals surface area contributed by atoms with E-state index in [1.165, 1.54) is 0 Å². The molecule has 0 aliphatic carbocycles. The molecule has 6 rings (SSSR count). The molecule has 410 valence electrons. The zero-order valence-corrected chi connectivity index (χ0v) is 42.8. The molecule has 4 aromatic rings. The smallest absolute Gasteiger partial charge is 0.252 e. The number of benzene rings is 4. The van der Waals surface area contributed by atoms with Crippen molar-refractivity contribution in [2.24, 2.45) is 0 Å². The van der Waals surface area contributed by atoms with E-state index < -0.39 is 0 Å². The van der Waals surface area contributed by atoms with Crippen LogP contribution in [-0.2, 0) is 37.9 Å². The molecule has 0 unspecified atom stereocenters. The average molecular weight is 1060 g/mol. The van der Waals surface area contributed by atoms with Crippen molar-refractivity contribution in [1.82, 2.24) is 10.6 Å². The summed E-state index contributed by atoms with van der Waals surface area (Å²) >= 11 is 0. The first-order valence-electron chi connectivity index (χ1n) is 25.3. The summed E-state index contributed by atoms with van der Waals surface area (Å²) in [5, 5.41) is 5.53. The number of para-hydroxylation sites is 4. The Balaban J connectivity index is 0.915. The first kappa shape index (κ1) is 58.3. The van der Waals surface area contributed by atoms with Crippen LogP contribution in [0.15, 0.2) is 84.9 Å². The Morgan fingerprint density at radius 3 is 0.789 bits per heavy atom. The van der Waals surface area contributed by atoms with Crippen molar-refractivity contribution in [3.05, 3.63) is 96.1 Å². The van der Waals surface area contributed by atoms with Crippen LogP contribution in [0, 0.1) is 23.7 Å². The maximum atomic E-state index is 13.1. The number of ether oxygens (including phenoxy) is 16. The molecular formula is C56H68N2O18. The lowest BCUT2D eigenvalue weighted by Gasteiger charge is -2.15. The zero-order chi connectivity index (χ0) is 52.8.